The second-order valence-electron chi connectivity index (χ2n) is 2.61. The van der Waals surface area contributed by atoms with Gasteiger partial charge in [0, 0.05) is 18.1 Å². The maximum absolute atomic E-state index is 5.36. The Morgan fingerprint density at radius 2 is 1.67 bits per heavy atom. The normalized spacial score (nSPS) is 10.5. The maximum atomic E-state index is 5.36. The van der Waals surface area contributed by atoms with Crippen LogP contribution < -0.4 is 0 Å². The predicted octanol–water partition coefficient (Wildman–Crippen LogP) is 3.59. The lowest BCUT2D eigenvalue weighted by molar-refractivity contribution is 0.151. The molecule has 3 heteroatoms. The van der Waals surface area contributed by atoms with Crippen molar-refractivity contribution in [1.29, 1.82) is 0 Å². The van der Waals surface area contributed by atoms with Gasteiger partial charge in [0.15, 0.2) is 0 Å². The lowest BCUT2D eigenvalue weighted by Gasteiger charge is -2.01. The van der Waals surface area contributed by atoms with Crippen LogP contribution in [0.1, 0.15) is 33.1 Å². The smallest absolute Gasteiger partial charge is 0.0565 e. The zero-order valence-corrected chi connectivity index (χ0v) is 9.81. The zero-order chi connectivity index (χ0) is 9.07. The minimum absolute atomic E-state index is 0.914. The Balaban J connectivity index is 2.73. The van der Waals surface area contributed by atoms with Crippen molar-refractivity contribution < 1.29 is 4.74 Å². The molecule has 0 saturated heterocycles. The van der Waals surface area contributed by atoms with Gasteiger partial charge in [0.25, 0.3) is 0 Å². The standard InChI is InChI=1S/C9H20OS2/c1-3-5-8-11-12-9-7-10-6-4-2/h3-9H2,1-2H3. The van der Waals surface area contributed by atoms with Crippen LogP contribution in [-0.2, 0) is 4.74 Å². The molecule has 0 amide bonds. The van der Waals surface area contributed by atoms with Crippen LogP contribution in [0.25, 0.3) is 0 Å². The van der Waals surface area contributed by atoms with Crippen LogP contribution in [0.3, 0.4) is 0 Å². The highest BCUT2D eigenvalue weighted by molar-refractivity contribution is 8.76. The van der Waals surface area contributed by atoms with Crippen molar-refractivity contribution in [3.63, 3.8) is 0 Å². The highest BCUT2D eigenvalue weighted by Crippen LogP contribution is 2.21. The minimum atomic E-state index is 0.914. The Morgan fingerprint density at radius 1 is 0.917 bits per heavy atom. The summed E-state index contributed by atoms with van der Waals surface area (Å²) in [5.74, 6) is 2.42. The molecule has 0 bridgehead atoms. The minimum Gasteiger partial charge on any atom is -0.381 e. The molecule has 0 unspecified atom stereocenters. The fourth-order valence-corrected chi connectivity index (χ4v) is 2.75. The lowest BCUT2D eigenvalue weighted by Crippen LogP contribution is -1.96. The SMILES string of the molecule is CCCCSSCCOCCC. The highest BCUT2D eigenvalue weighted by atomic mass is 33.1. The van der Waals surface area contributed by atoms with Gasteiger partial charge in [-0.3, -0.25) is 0 Å². The molecule has 0 heterocycles. The molecule has 0 atom stereocenters. The Bertz CT molecular complexity index is 68.9. The van der Waals surface area contributed by atoms with E-state index < -0.39 is 0 Å². The molecule has 0 fully saturated rings. The van der Waals surface area contributed by atoms with Crippen LogP contribution in [-0.4, -0.2) is 24.7 Å². The zero-order valence-electron chi connectivity index (χ0n) is 8.17. The molecule has 74 valence electrons. The molecule has 0 radical (unpaired) electrons. The second-order valence-corrected chi connectivity index (χ2v) is 5.31. The molecule has 0 aliphatic carbocycles. The molecule has 0 aromatic rings. The van der Waals surface area contributed by atoms with E-state index in [1.165, 1.54) is 18.6 Å². The lowest BCUT2D eigenvalue weighted by atomic mass is 10.4. The van der Waals surface area contributed by atoms with Crippen molar-refractivity contribution in [2.45, 2.75) is 33.1 Å². The molecule has 12 heavy (non-hydrogen) atoms. The van der Waals surface area contributed by atoms with E-state index in [-0.39, 0.29) is 0 Å². The summed E-state index contributed by atoms with van der Waals surface area (Å²) in [4.78, 5) is 0. The summed E-state index contributed by atoms with van der Waals surface area (Å²) in [6, 6.07) is 0. The monoisotopic (exact) mass is 208 g/mol. The van der Waals surface area contributed by atoms with Crippen molar-refractivity contribution >= 4 is 21.6 Å². The van der Waals surface area contributed by atoms with Crippen LogP contribution in [0.4, 0.5) is 0 Å². The third-order valence-electron chi connectivity index (χ3n) is 1.32. The number of hydrogen-bond acceptors (Lipinski definition) is 3. The molecule has 0 rings (SSSR count). The fraction of sp³-hybridized carbons (Fsp3) is 1.00. The first kappa shape index (κ1) is 12.7. The van der Waals surface area contributed by atoms with Gasteiger partial charge >= 0.3 is 0 Å². The average molecular weight is 208 g/mol. The number of unbranched alkanes of at least 4 members (excludes halogenated alkanes) is 1. The molecule has 0 N–H and O–H groups in total. The van der Waals surface area contributed by atoms with Gasteiger partial charge in [0.1, 0.15) is 0 Å². The van der Waals surface area contributed by atoms with E-state index in [4.69, 9.17) is 4.74 Å². The van der Waals surface area contributed by atoms with Crippen molar-refractivity contribution in [3.05, 3.63) is 0 Å². The van der Waals surface area contributed by atoms with Gasteiger partial charge in [-0.25, -0.2) is 0 Å². The third-order valence-corrected chi connectivity index (χ3v) is 3.78. The van der Waals surface area contributed by atoms with Crippen molar-refractivity contribution in [1.82, 2.24) is 0 Å². The quantitative estimate of drug-likeness (QED) is 0.423. The summed E-state index contributed by atoms with van der Waals surface area (Å²) in [5.41, 5.74) is 0. The highest BCUT2D eigenvalue weighted by Gasteiger charge is 1.90. The molecule has 0 spiro atoms. The molecular weight excluding hydrogens is 188 g/mol. The summed E-state index contributed by atoms with van der Waals surface area (Å²) in [6.07, 6.45) is 3.78. The molecule has 0 aliphatic rings. The van der Waals surface area contributed by atoms with Gasteiger partial charge in [-0.2, -0.15) is 0 Å². The van der Waals surface area contributed by atoms with E-state index in [2.05, 4.69) is 13.8 Å². The molecule has 0 aromatic heterocycles. The topological polar surface area (TPSA) is 9.23 Å². The molecule has 0 saturated carbocycles. The third kappa shape index (κ3) is 10.7. The van der Waals surface area contributed by atoms with Gasteiger partial charge < -0.3 is 4.74 Å². The number of hydrogen-bond donors (Lipinski definition) is 0. The Hall–Kier alpha value is 0.660. The Morgan fingerprint density at radius 3 is 2.33 bits per heavy atom. The fourth-order valence-electron chi connectivity index (χ4n) is 0.660. The van der Waals surface area contributed by atoms with Gasteiger partial charge in [-0.05, 0) is 12.8 Å². The summed E-state index contributed by atoms with van der Waals surface area (Å²) < 4.78 is 5.36. The Kier molecular flexibility index (Phi) is 12.3. The van der Waals surface area contributed by atoms with Crippen molar-refractivity contribution in [2.75, 3.05) is 24.7 Å². The summed E-state index contributed by atoms with van der Waals surface area (Å²) in [6.45, 7) is 6.20. The molecule has 1 nitrogen and oxygen atoms in total. The van der Waals surface area contributed by atoms with E-state index >= 15 is 0 Å². The second kappa shape index (κ2) is 11.7. The first-order valence-corrected chi connectivity index (χ1v) is 7.22. The predicted molar refractivity (Wildman–Crippen MR) is 60.9 cm³/mol. The first-order chi connectivity index (χ1) is 5.91. The average Bonchev–Trinajstić information content (AvgIpc) is 2.10. The van der Waals surface area contributed by atoms with Gasteiger partial charge in [0.05, 0.1) is 6.61 Å². The largest absolute Gasteiger partial charge is 0.381 e. The van der Waals surface area contributed by atoms with Gasteiger partial charge in [-0.15, -0.1) is 0 Å². The molecule has 0 aliphatic heterocycles. The van der Waals surface area contributed by atoms with E-state index in [0.717, 1.165) is 25.4 Å². The Labute approximate surface area is 84.4 Å². The van der Waals surface area contributed by atoms with Gasteiger partial charge in [0.2, 0.25) is 0 Å². The van der Waals surface area contributed by atoms with Crippen LogP contribution >= 0.6 is 21.6 Å². The molecular formula is C9H20OS2. The van der Waals surface area contributed by atoms with E-state index in [1.54, 1.807) is 0 Å². The van der Waals surface area contributed by atoms with Crippen molar-refractivity contribution in [3.8, 4) is 0 Å². The van der Waals surface area contributed by atoms with Gasteiger partial charge in [-0.1, -0.05) is 41.9 Å². The van der Waals surface area contributed by atoms with Crippen LogP contribution in [0.5, 0.6) is 0 Å². The van der Waals surface area contributed by atoms with E-state index in [9.17, 15) is 0 Å². The summed E-state index contributed by atoms with van der Waals surface area (Å²) in [5, 5.41) is 0. The summed E-state index contributed by atoms with van der Waals surface area (Å²) in [7, 11) is 3.91. The van der Waals surface area contributed by atoms with Crippen LogP contribution in [0, 0.1) is 0 Å². The number of rotatable bonds is 9. The summed E-state index contributed by atoms with van der Waals surface area (Å²) >= 11 is 0. The van der Waals surface area contributed by atoms with E-state index in [1.807, 2.05) is 21.6 Å². The van der Waals surface area contributed by atoms with Crippen LogP contribution in [0.2, 0.25) is 0 Å². The van der Waals surface area contributed by atoms with Crippen molar-refractivity contribution in [2.24, 2.45) is 0 Å². The first-order valence-electron chi connectivity index (χ1n) is 4.74. The van der Waals surface area contributed by atoms with E-state index in [0.29, 0.717) is 0 Å². The number of ether oxygens (including phenoxy) is 1. The van der Waals surface area contributed by atoms with Crippen LogP contribution in [0.15, 0.2) is 0 Å². The maximum Gasteiger partial charge on any atom is 0.0565 e. The molecule has 0 aromatic carbocycles.